The number of nitrogens with two attached hydrogens (primary N) is 2. The van der Waals surface area contributed by atoms with Crippen molar-refractivity contribution in [3.8, 4) is 16.9 Å². The van der Waals surface area contributed by atoms with Gasteiger partial charge in [0.25, 0.3) is 0 Å². The first-order chi connectivity index (χ1) is 20.2. The minimum Gasteiger partial charge on any atom is -0.374 e. The predicted octanol–water partition coefficient (Wildman–Crippen LogP) is 3.92. The molecule has 0 radical (unpaired) electrons. The van der Waals surface area contributed by atoms with Gasteiger partial charge in [0, 0.05) is 48.5 Å². The van der Waals surface area contributed by atoms with E-state index in [1.807, 2.05) is 31.2 Å². The molecule has 222 valence electrons. The number of morpholine rings is 1. The lowest BCUT2D eigenvalue weighted by molar-refractivity contribution is 0.0362. The van der Waals surface area contributed by atoms with Crippen LogP contribution in [0.2, 0.25) is 5.02 Å². The van der Waals surface area contributed by atoms with Crippen molar-refractivity contribution in [1.82, 2.24) is 19.9 Å². The van der Waals surface area contributed by atoms with Gasteiger partial charge in [-0.05, 0) is 80.6 Å². The van der Waals surface area contributed by atoms with Gasteiger partial charge in [-0.25, -0.2) is 9.18 Å². The Kier molecular flexibility index (Phi) is 9.10. The van der Waals surface area contributed by atoms with Crippen LogP contribution in [0.5, 0.6) is 0 Å². The Morgan fingerprint density at radius 1 is 1.29 bits per heavy atom. The minimum atomic E-state index is -0.523. The number of hydrogen-bond acceptors (Lipinski definition) is 6. The van der Waals surface area contributed by atoms with Crippen molar-refractivity contribution in [1.29, 1.82) is 5.41 Å². The molecule has 2 atom stereocenters. The molecule has 1 aliphatic rings. The first-order valence-corrected chi connectivity index (χ1v) is 14.5. The maximum atomic E-state index is 15.1. The van der Waals surface area contributed by atoms with Crippen LogP contribution in [0.3, 0.4) is 0 Å². The number of aromatic amines is 1. The van der Waals surface area contributed by atoms with Crippen LogP contribution < -0.4 is 27.4 Å². The Bertz CT molecular complexity index is 1620. The van der Waals surface area contributed by atoms with Crippen LogP contribution in [0.4, 0.5) is 10.1 Å². The van der Waals surface area contributed by atoms with Gasteiger partial charge in [0.2, 0.25) is 0 Å². The van der Waals surface area contributed by atoms with Crippen molar-refractivity contribution >= 4 is 34.3 Å². The van der Waals surface area contributed by atoms with Gasteiger partial charge in [-0.3, -0.25) is 9.98 Å². The molecule has 4 aromatic rings. The average molecular weight is 595 g/mol. The van der Waals surface area contributed by atoms with Crippen LogP contribution in [-0.4, -0.2) is 58.9 Å². The van der Waals surface area contributed by atoms with E-state index in [2.05, 4.69) is 20.2 Å². The number of fused-ring (bicyclic) bond motifs is 1. The fraction of sp³-hybridized carbons (Fsp3) is 0.367. The number of ether oxygens (including phenoxy) is 1. The molecule has 0 unspecified atom stereocenters. The number of H-pyrrole nitrogens is 1. The third-order valence-corrected chi connectivity index (χ3v) is 7.70. The van der Waals surface area contributed by atoms with E-state index in [1.165, 1.54) is 4.57 Å². The second-order valence-electron chi connectivity index (χ2n) is 10.8. The molecule has 3 heterocycles. The predicted molar refractivity (Wildman–Crippen MR) is 165 cm³/mol. The van der Waals surface area contributed by atoms with Gasteiger partial charge in [0.1, 0.15) is 5.65 Å². The summed E-state index contributed by atoms with van der Waals surface area (Å²) in [6.07, 6.45) is 4.94. The monoisotopic (exact) mass is 594 g/mol. The third-order valence-electron chi connectivity index (χ3n) is 7.42. The Labute approximate surface area is 248 Å². The molecule has 0 amide bonds. The first kappa shape index (κ1) is 29.6. The first-order valence-electron chi connectivity index (χ1n) is 14.1. The maximum Gasteiger partial charge on any atom is 0.354 e. The molecule has 1 fully saturated rings. The number of nitrogens with one attached hydrogen (secondary N) is 3. The zero-order chi connectivity index (χ0) is 29.8. The molecular weight excluding hydrogens is 559 g/mol. The molecular formula is C30H36ClFN8O2. The standard InChI is InChI=1S/C30H36ClFN8O2/c1-18(33)3-2-4-19-13-24(27(32)25(31)14-19)26-15-20-16-40(30(41)38-28(20)37-26)22-7-5-21(6-8-22)39-11-12-42-23(17-39)9-10-36-29(34)35/h5-8,13-16,18,23H,2-4,9-12,17,33H2,1H3,(H4,34,35,36)(H,37,38,41)/t18-,23-/m0/s1. The van der Waals surface area contributed by atoms with Crippen LogP contribution in [0.25, 0.3) is 28.0 Å². The van der Waals surface area contributed by atoms with Crippen molar-refractivity contribution < 1.29 is 9.13 Å². The van der Waals surface area contributed by atoms with E-state index >= 15 is 4.39 Å². The third kappa shape index (κ3) is 6.92. The van der Waals surface area contributed by atoms with Gasteiger partial charge in [0.05, 0.1) is 29.1 Å². The summed E-state index contributed by atoms with van der Waals surface area (Å²) < 4.78 is 22.4. The smallest absolute Gasteiger partial charge is 0.354 e. The van der Waals surface area contributed by atoms with Crippen molar-refractivity contribution in [3.05, 3.63) is 75.5 Å². The molecule has 0 bridgehead atoms. The normalized spacial score (nSPS) is 16.1. The minimum absolute atomic E-state index is 0.0253. The van der Waals surface area contributed by atoms with Crippen molar-refractivity contribution in [2.24, 2.45) is 11.5 Å². The van der Waals surface area contributed by atoms with Crippen LogP contribution in [0.1, 0.15) is 31.7 Å². The highest BCUT2D eigenvalue weighted by Crippen LogP contribution is 2.31. The number of aryl methyl sites for hydroxylation is 1. The topological polar surface area (TPSA) is 151 Å². The molecule has 1 aliphatic heterocycles. The number of halogens is 2. The molecule has 5 rings (SSSR count). The molecule has 1 saturated heterocycles. The number of hydrogen-bond donors (Lipinski definition) is 5. The molecule has 2 aromatic carbocycles. The van der Waals surface area contributed by atoms with E-state index in [1.54, 1.807) is 24.4 Å². The van der Waals surface area contributed by atoms with Crippen LogP contribution in [0.15, 0.2) is 53.5 Å². The van der Waals surface area contributed by atoms with Crippen LogP contribution in [0, 0.1) is 11.2 Å². The second kappa shape index (κ2) is 12.9. The number of nitrogens with zero attached hydrogens (tertiary/aromatic N) is 3. The number of benzene rings is 2. The maximum absolute atomic E-state index is 15.1. The Balaban J connectivity index is 1.35. The van der Waals surface area contributed by atoms with Crippen molar-refractivity contribution in [3.63, 3.8) is 0 Å². The molecule has 0 saturated carbocycles. The molecule has 42 heavy (non-hydrogen) atoms. The molecule has 7 N–H and O–H groups in total. The highest BCUT2D eigenvalue weighted by molar-refractivity contribution is 6.31. The summed E-state index contributed by atoms with van der Waals surface area (Å²) in [5.41, 5.74) is 14.6. The fourth-order valence-corrected chi connectivity index (χ4v) is 5.50. The van der Waals surface area contributed by atoms with Crippen molar-refractivity contribution in [2.75, 3.05) is 31.1 Å². The Hall–Kier alpha value is -3.93. The molecule has 2 aromatic heterocycles. The van der Waals surface area contributed by atoms with E-state index in [9.17, 15) is 4.79 Å². The summed E-state index contributed by atoms with van der Waals surface area (Å²) in [6.45, 7) is 4.61. The highest BCUT2D eigenvalue weighted by Gasteiger charge is 2.21. The highest BCUT2D eigenvalue weighted by atomic mass is 35.5. The zero-order valence-corrected chi connectivity index (χ0v) is 24.3. The summed E-state index contributed by atoms with van der Waals surface area (Å²) in [5, 5.41) is 10.8. The summed E-state index contributed by atoms with van der Waals surface area (Å²) in [7, 11) is 0. The van der Waals surface area contributed by atoms with E-state index < -0.39 is 11.5 Å². The lowest BCUT2D eigenvalue weighted by atomic mass is 10.0. The summed E-state index contributed by atoms with van der Waals surface area (Å²) in [6, 6.07) is 13.0. The van der Waals surface area contributed by atoms with Crippen LogP contribution >= 0.6 is 11.6 Å². The fourth-order valence-electron chi connectivity index (χ4n) is 5.26. The van der Waals surface area contributed by atoms with E-state index in [0.717, 1.165) is 43.5 Å². The summed E-state index contributed by atoms with van der Waals surface area (Å²) in [4.78, 5) is 22.5. The van der Waals surface area contributed by atoms with Crippen molar-refractivity contribution in [2.45, 2.75) is 44.8 Å². The molecule has 0 aliphatic carbocycles. The van der Waals surface area contributed by atoms with Gasteiger partial charge >= 0.3 is 5.69 Å². The molecule has 12 heteroatoms. The lowest BCUT2D eigenvalue weighted by Crippen LogP contribution is -2.44. The lowest BCUT2D eigenvalue weighted by Gasteiger charge is -2.34. The van der Waals surface area contributed by atoms with E-state index in [4.69, 9.17) is 33.2 Å². The number of anilines is 1. The van der Waals surface area contributed by atoms with Gasteiger partial charge in [0.15, 0.2) is 11.8 Å². The number of guanidine groups is 1. The summed E-state index contributed by atoms with van der Waals surface area (Å²) in [5.74, 6) is -0.572. The van der Waals surface area contributed by atoms with Gasteiger partial charge in [-0.1, -0.05) is 11.6 Å². The average Bonchev–Trinajstić information content (AvgIpc) is 3.37. The largest absolute Gasteiger partial charge is 0.374 e. The second-order valence-corrected chi connectivity index (χ2v) is 11.2. The SMILES string of the molecule is C[C@H](N)CCCc1cc(Cl)c(F)c(-c2cc3cn(-c4ccc(N5CCO[C@@H](CCNC(=N)N)C5)cc4)c(=O)nc3[nH]2)c1. The number of rotatable bonds is 10. The summed E-state index contributed by atoms with van der Waals surface area (Å²) >= 11 is 6.24. The zero-order valence-electron chi connectivity index (χ0n) is 23.5. The van der Waals surface area contributed by atoms with E-state index in [0.29, 0.717) is 47.7 Å². The number of aromatic nitrogens is 3. The molecule has 0 spiro atoms. The van der Waals surface area contributed by atoms with E-state index in [-0.39, 0.29) is 23.1 Å². The Morgan fingerprint density at radius 2 is 2.05 bits per heavy atom. The van der Waals surface area contributed by atoms with Crippen LogP contribution in [-0.2, 0) is 11.2 Å². The molecule has 10 nitrogen and oxygen atoms in total. The van der Waals surface area contributed by atoms with Gasteiger partial charge in [-0.2, -0.15) is 4.98 Å². The van der Waals surface area contributed by atoms with Gasteiger partial charge in [-0.15, -0.1) is 0 Å². The Morgan fingerprint density at radius 3 is 2.79 bits per heavy atom. The van der Waals surface area contributed by atoms with Gasteiger partial charge < -0.3 is 31.4 Å². The quantitative estimate of drug-likeness (QED) is 0.138.